The molecule has 2 atom stereocenters. The van der Waals surface area contributed by atoms with Crippen molar-refractivity contribution in [2.45, 2.75) is 33.2 Å². The molecular weight excluding hydrogens is 476 g/mol. The van der Waals surface area contributed by atoms with Crippen molar-refractivity contribution in [1.29, 1.82) is 0 Å². The number of benzene rings is 3. The Morgan fingerprint density at radius 3 is 1.62 bits per heavy atom. The van der Waals surface area contributed by atoms with Crippen molar-refractivity contribution in [2.24, 2.45) is 0 Å². The van der Waals surface area contributed by atoms with E-state index in [1.165, 1.54) is 0 Å². The zero-order valence-electron chi connectivity index (χ0n) is 20.6. The lowest BCUT2D eigenvalue weighted by Crippen LogP contribution is -2.31. The summed E-state index contributed by atoms with van der Waals surface area (Å²) in [5, 5.41) is 10.8. The van der Waals surface area contributed by atoms with Crippen molar-refractivity contribution in [3.63, 3.8) is 0 Å². The number of carbonyl (C=O) groups is 3. The summed E-state index contributed by atoms with van der Waals surface area (Å²) in [7, 11) is 0. The lowest BCUT2D eigenvalue weighted by Gasteiger charge is -2.17. The van der Waals surface area contributed by atoms with Gasteiger partial charge in [0.05, 0.1) is 16.7 Å². The molecule has 0 bridgehead atoms. The van der Waals surface area contributed by atoms with E-state index in [-0.39, 0.29) is 22.6 Å². The van der Waals surface area contributed by atoms with Crippen LogP contribution < -0.4 is 0 Å². The fraction of sp³-hybridized carbons (Fsp3) is 0.207. The molecule has 0 amide bonds. The zero-order chi connectivity index (χ0) is 26.5. The molecule has 1 heterocycles. The molecule has 1 N–H and O–H groups in total. The molecule has 3 aromatic carbocycles. The van der Waals surface area contributed by atoms with Crippen LogP contribution in [-0.4, -0.2) is 42.0 Å². The number of carbonyl (C=O) groups excluding carboxylic acids is 3. The SMILES string of the molecule is Cc1ccc(C(=O)OCC2=C(OC(=O)c3ccc(C)cc3)C(O)[C@@H](OC(=O)c3ccc(C)cc3)O2)cc1. The third-order valence-electron chi connectivity index (χ3n) is 5.68. The number of hydrogen-bond acceptors (Lipinski definition) is 8. The van der Waals surface area contributed by atoms with Crippen LogP contribution in [0.25, 0.3) is 0 Å². The molecule has 0 aliphatic carbocycles. The smallest absolute Gasteiger partial charge is 0.343 e. The first-order valence-electron chi connectivity index (χ1n) is 11.6. The van der Waals surface area contributed by atoms with E-state index in [4.69, 9.17) is 18.9 Å². The maximum atomic E-state index is 12.7. The number of esters is 3. The zero-order valence-corrected chi connectivity index (χ0v) is 20.6. The summed E-state index contributed by atoms with van der Waals surface area (Å²) in [6, 6.07) is 20.0. The maximum absolute atomic E-state index is 12.7. The molecule has 0 radical (unpaired) electrons. The topological polar surface area (TPSA) is 108 Å². The van der Waals surface area contributed by atoms with Gasteiger partial charge in [-0.15, -0.1) is 0 Å². The van der Waals surface area contributed by atoms with E-state index < -0.39 is 36.9 Å². The first-order valence-corrected chi connectivity index (χ1v) is 11.6. The van der Waals surface area contributed by atoms with Crippen LogP contribution >= 0.6 is 0 Å². The van der Waals surface area contributed by atoms with Gasteiger partial charge in [0, 0.05) is 0 Å². The third kappa shape index (κ3) is 6.23. The predicted octanol–water partition coefficient (Wildman–Crippen LogP) is 4.41. The van der Waals surface area contributed by atoms with E-state index in [1.54, 1.807) is 72.8 Å². The van der Waals surface area contributed by atoms with E-state index >= 15 is 0 Å². The summed E-state index contributed by atoms with van der Waals surface area (Å²) in [6.45, 7) is 5.18. The normalized spacial score (nSPS) is 16.6. The highest BCUT2D eigenvalue weighted by molar-refractivity contribution is 5.91. The van der Waals surface area contributed by atoms with Gasteiger partial charge in [0.25, 0.3) is 6.29 Å². The standard InChI is InChI=1S/C29H26O8/c1-17-4-10-20(11-5-17)26(31)34-16-23-25(36-27(32)21-12-6-18(2)7-13-21)24(30)29(35-23)37-28(33)22-14-8-19(3)9-15-22/h4-15,24,29-30H,16H2,1-3H3/t24?,29-/m1/s1. The number of aliphatic hydroxyl groups excluding tert-OH is 1. The van der Waals surface area contributed by atoms with Crippen molar-refractivity contribution < 1.29 is 38.4 Å². The first-order chi connectivity index (χ1) is 17.7. The molecule has 8 nitrogen and oxygen atoms in total. The lowest BCUT2D eigenvalue weighted by atomic mass is 10.1. The molecule has 0 saturated carbocycles. The van der Waals surface area contributed by atoms with Gasteiger partial charge < -0.3 is 24.1 Å². The maximum Gasteiger partial charge on any atom is 0.343 e. The van der Waals surface area contributed by atoms with Crippen molar-refractivity contribution in [1.82, 2.24) is 0 Å². The van der Waals surface area contributed by atoms with Gasteiger partial charge in [-0.25, -0.2) is 14.4 Å². The minimum atomic E-state index is -1.63. The van der Waals surface area contributed by atoms with Crippen LogP contribution in [0.15, 0.2) is 84.3 Å². The predicted molar refractivity (Wildman–Crippen MR) is 133 cm³/mol. The van der Waals surface area contributed by atoms with Crippen LogP contribution in [0.4, 0.5) is 0 Å². The second-order valence-corrected chi connectivity index (χ2v) is 8.69. The largest absolute Gasteiger partial charge is 0.454 e. The number of aliphatic hydroxyl groups is 1. The summed E-state index contributed by atoms with van der Waals surface area (Å²) in [5.41, 5.74) is 3.68. The highest BCUT2D eigenvalue weighted by Crippen LogP contribution is 2.30. The van der Waals surface area contributed by atoms with E-state index in [9.17, 15) is 19.5 Å². The van der Waals surface area contributed by atoms with Crippen molar-refractivity contribution >= 4 is 17.9 Å². The summed E-state index contributed by atoms with van der Waals surface area (Å²) < 4.78 is 21.7. The average molecular weight is 503 g/mol. The van der Waals surface area contributed by atoms with Gasteiger partial charge in [0.2, 0.25) is 0 Å². The molecule has 3 aromatic rings. The Morgan fingerprint density at radius 1 is 0.703 bits per heavy atom. The van der Waals surface area contributed by atoms with Crippen molar-refractivity contribution in [3.8, 4) is 0 Å². The Bertz CT molecular complexity index is 1320. The summed E-state index contributed by atoms with van der Waals surface area (Å²) in [6.07, 6.45) is -3.14. The molecule has 1 aliphatic heterocycles. The number of hydrogen-bond donors (Lipinski definition) is 1. The van der Waals surface area contributed by atoms with Gasteiger partial charge >= 0.3 is 17.9 Å². The fourth-order valence-corrected chi connectivity index (χ4v) is 3.48. The molecule has 0 saturated heterocycles. The van der Waals surface area contributed by atoms with E-state index in [0.29, 0.717) is 5.56 Å². The number of rotatable bonds is 7. The highest BCUT2D eigenvalue weighted by Gasteiger charge is 2.42. The first kappa shape index (κ1) is 25.7. The molecule has 190 valence electrons. The molecule has 0 spiro atoms. The molecule has 37 heavy (non-hydrogen) atoms. The summed E-state index contributed by atoms with van der Waals surface area (Å²) >= 11 is 0. The second kappa shape index (κ2) is 11.1. The van der Waals surface area contributed by atoms with Crippen LogP contribution in [0.1, 0.15) is 47.8 Å². The Hall–Kier alpha value is -4.43. The Balaban J connectivity index is 1.52. The lowest BCUT2D eigenvalue weighted by molar-refractivity contribution is -0.119. The Kier molecular flexibility index (Phi) is 7.69. The van der Waals surface area contributed by atoms with E-state index in [1.807, 2.05) is 20.8 Å². The summed E-state index contributed by atoms with van der Waals surface area (Å²) in [4.78, 5) is 37.8. The van der Waals surface area contributed by atoms with Crippen molar-refractivity contribution in [2.75, 3.05) is 6.61 Å². The molecular formula is C29H26O8. The van der Waals surface area contributed by atoms with Crippen LogP contribution in [0, 0.1) is 20.8 Å². The van der Waals surface area contributed by atoms with Gasteiger partial charge in [0.15, 0.2) is 24.2 Å². The Morgan fingerprint density at radius 2 is 1.14 bits per heavy atom. The van der Waals surface area contributed by atoms with Crippen molar-refractivity contribution in [3.05, 3.63) is 118 Å². The van der Waals surface area contributed by atoms with Crippen LogP contribution in [0.2, 0.25) is 0 Å². The van der Waals surface area contributed by atoms with E-state index in [0.717, 1.165) is 16.7 Å². The second-order valence-electron chi connectivity index (χ2n) is 8.69. The van der Waals surface area contributed by atoms with Gasteiger partial charge in [-0.05, 0) is 57.2 Å². The van der Waals surface area contributed by atoms with E-state index in [2.05, 4.69) is 0 Å². The Labute approximate surface area is 214 Å². The van der Waals surface area contributed by atoms with Gasteiger partial charge in [0.1, 0.15) is 0 Å². The number of ether oxygens (including phenoxy) is 4. The van der Waals surface area contributed by atoms with Gasteiger partial charge in [-0.1, -0.05) is 53.1 Å². The minimum Gasteiger partial charge on any atom is -0.454 e. The van der Waals surface area contributed by atoms with Crippen LogP contribution in [0.3, 0.4) is 0 Å². The van der Waals surface area contributed by atoms with Gasteiger partial charge in [-0.2, -0.15) is 0 Å². The number of aryl methyl sites for hydroxylation is 3. The summed E-state index contributed by atoms with van der Waals surface area (Å²) in [5.74, 6) is -2.59. The molecule has 0 aromatic heterocycles. The monoisotopic (exact) mass is 502 g/mol. The molecule has 0 fully saturated rings. The minimum absolute atomic E-state index is 0.143. The molecule has 1 unspecified atom stereocenters. The quantitative estimate of drug-likeness (QED) is 0.374. The average Bonchev–Trinajstić information content (AvgIpc) is 3.17. The molecule has 4 rings (SSSR count). The molecule has 8 heteroatoms. The van der Waals surface area contributed by atoms with Gasteiger partial charge in [-0.3, -0.25) is 0 Å². The fourth-order valence-electron chi connectivity index (χ4n) is 3.48. The highest BCUT2D eigenvalue weighted by atomic mass is 16.7. The molecule has 1 aliphatic rings. The van der Waals surface area contributed by atoms with Crippen LogP contribution in [0.5, 0.6) is 0 Å². The van der Waals surface area contributed by atoms with Crippen LogP contribution in [-0.2, 0) is 18.9 Å². The third-order valence-corrected chi connectivity index (χ3v) is 5.68.